The van der Waals surface area contributed by atoms with E-state index < -0.39 is 54.4 Å². The first-order chi connectivity index (χ1) is 30.0. The van der Waals surface area contributed by atoms with Crippen LogP contribution in [0.2, 0.25) is 0 Å². The molecule has 1 amide bonds. The van der Waals surface area contributed by atoms with Gasteiger partial charge in [0.05, 0.1) is 43.4 Å². The molecule has 7 N–H and O–H groups in total. The average Bonchev–Trinajstić information content (AvgIpc) is 4.01. The molecule has 14 heteroatoms. The first kappa shape index (κ1) is 40.5. The minimum Gasteiger partial charge on any atom is -0.506 e. The zero-order chi connectivity index (χ0) is 43.0. The molecule has 2 aliphatic carbocycles. The number of hydrogen-bond donors (Lipinski definition) is 7. The molecule has 322 valence electrons. The van der Waals surface area contributed by atoms with Crippen LogP contribution in [0.5, 0.6) is 17.2 Å². The number of fused-ring (bicyclic) bond motifs is 11. The lowest BCUT2D eigenvalue weighted by molar-refractivity contribution is -0.329. The third-order valence-electron chi connectivity index (χ3n) is 13.5. The summed E-state index contributed by atoms with van der Waals surface area (Å²) in [4.78, 5) is 33.3. The molecule has 10 rings (SSSR count). The number of H-pyrrole nitrogens is 1. The summed E-state index contributed by atoms with van der Waals surface area (Å²) in [6.45, 7) is -0.764. The molecule has 1 aromatic heterocycles. The molecule has 1 saturated carbocycles. The van der Waals surface area contributed by atoms with Crippen molar-refractivity contribution in [1.29, 1.82) is 0 Å². The summed E-state index contributed by atoms with van der Waals surface area (Å²) in [7, 11) is 3.36. The Bertz CT molecular complexity index is 2690. The summed E-state index contributed by atoms with van der Waals surface area (Å²) in [5.74, 6) is -0.830. The van der Waals surface area contributed by atoms with Crippen molar-refractivity contribution in [2.24, 2.45) is 5.92 Å². The Morgan fingerprint density at radius 3 is 2.68 bits per heavy atom. The van der Waals surface area contributed by atoms with Gasteiger partial charge in [-0.15, -0.1) is 0 Å². The number of hydrogen-bond acceptors (Lipinski definition) is 12. The molecule has 3 aliphatic heterocycles. The molecule has 14 nitrogen and oxygen atoms in total. The number of aromatic nitrogens is 1. The second-order valence-corrected chi connectivity index (χ2v) is 17.1. The Kier molecular flexibility index (Phi) is 10.2. The van der Waals surface area contributed by atoms with Crippen LogP contribution in [-0.4, -0.2) is 111 Å². The van der Waals surface area contributed by atoms with Crippen molar-refractivity contribution < 1.29 is 54.1 Å². The number of carbonyl (C=O) groups is 2. The molecular weight excluding hydrogens is 795 g/mol. The second-order valence-electron chi connectivity index (χ2n) is 17.1. The smallest absolute Gasteiger partial charge is 0.254 e. The molecule has 0 spiro atoms. The molecule has 4 heterocycles. The Morgan fingerprint density at radius 2 is 1.89 bits per heavy atom. The topological polar surface area (TPSA) is 203 Å². The first-order valence-corrected chi connectivity index (χ1v) is 21.1. The van der Waals surface area contributed by atoms with Gasteiger partial charge in [0.2, 0.25) is 6.29 Å². The summed E-state index contributed by atoms with van der Waals surface area (Å²) in [5, 5.41) is 62.7. The Labute approximate surface area is 357 Å². The SMILES string of the molecule is CNCc1ccc2[nH]cc([C@H]3/C=C/c4c(OC)cc5c6c(c(C(=O)CN7Cc8ccccc8C7=O)c(O)c5c4O[C@H]4O[C@H](CO3)[C@@H](O)[C@H](O)[C@]4(O)CO)[C@@H]3CCC[C@@H]3C=C6)c2c1. The molecule has 0 unspecified atom stereocenters. The van der Waals surface area contributed by atoms with E-state index in [9.17, 15) is 35.1 Å². The van der Waals surface area contributed by atoms with Gasteiger partial charge < -0.3 is 59.7 Å². The number of carbonyl (C=O) groups excluding carboxylic acids is 2. The quantitative estimate of drug-likeness (QED) is 0.105. The number of amides is 1. The van der Waals surface area contributed by atoms with Gasteiger partial charge >= 0.3 is 0 Å². The predicted octanol–water partition coefficient (Wildman–Crippen LogP) is 4.84. The maximum Gasteiger partial charge on any atom is 0.254 e. The van der Waals surface area contributed by atoms with E-state index in [2.05, 4.69) is 22.4 Å². The van der Waals surface area contributed by atoms with Crippen molar-refractivity contribution in [3.05, 3.63) is 111 Å². The van der Waals surface area contributed by atoms with Crippen LogP contribution >= 0.6 is 0 Å². The number of ether oxygens (including phenoxy) is 4. The number of phenolic OH excluding ortho intramolecular Hbond substituents is 1. The molecule has 1 saturated heterocycles. The van der Waals surface area contributed by atoms with E-state index in [1.54, 1.807) is 30.4 Å². The summed E-state index contributed by atoms with van der Waals surface area (Å²) in [6, 6.07) is 15.1. The number of nitrogens with zero attached hydrogens (tertiary/aromatic N) is 1. The van der Waals surface area contributed by atoms with Gasteiger partial charge in [-0.1, -0.05) is 48.9 Å². The highest BCUT2D eigenvalue weighted by Gasteiger charge is 2.57. The molecule has 4 aromatic carbocycles. The first-order valence-electron chi connectivity index (χ1n) is 21.1. The van der Waals surface area contributed by atoms with Gasteiger partial charge in [0.1, 0.15) is 41.7 Å². The van der Waals surface area contributed by atoms with Gasteiger partial charge in [0.15, 0.2) is 11.4 Å². The number of aliphatic hydroxyl groups excluding tert-OH is 3. The minimum atomic E-state index is -2.56. The van der Waals surface area contributed by atoms with Crippen LogP contribution in [0.15, 0.2) is 66.9 Å². The molecule has 2 bridgehead atoms. The van der Waals surface area contributed by atoms with Crippen molar-refractivity contribution in [1.82, 2.24) is 15.2 Å². The highest BCUT2D eigenvalue weighted by molar-refractivity contribution is 6.14. The molecule has 62 heavy (non-hydrogen) atoms. The molecule has 2 fully saturated rings. The third kappa shape index (κ3) is 6.35. The lowest BCUT2D eigenvalue weighted by Gasteiger charge is -2.47. The van der Waals surface area contributed by atoms with E-state index in [0.29, 0.717) is 34.4 Å². The molecular formula is C48H49N3O11. The number of methoxy groups -OCH3 is 1. The summed E-state index contributed by atoms with van der Waals surface area (Å²) >= 11 is 0. The molecule has 5 aliphatic rings. The number of aromatic amines is 1. The lowest BCUT2D eigenvalue weighted by atomic mass is 9.75. The van der Waals surface area contributed by atoms with Crippen LogP contribution in [0.25, 0.3) is 33.8 Å². The maximum atomic E-state index is 14.9. The van der Waals surface area contributed by atoms with Crippen LogP contribution in [0.3, 0.4) is 0 Å². The number of benzene rings is 4. The highest BCUT2D eigenvalue weighted by atomic mass is 16.7. The summed E-state index contributed by atoms with van der Waals surface area (Å²) in [6.07, 6.45) is 4.49. The van der Waals surface area contributed by atoms with Crippen LogP contribution in [-0.2, 0) is 22.6 Å². The zero-order valence-electron chi connectivity index (χ0n) is 34.3. The van der Waals surface area contributed by atoms with Crippen molar-refractivity contribution in [3.63, 3.8) is 0 Å². The van der Waals surface area contributed by atoms with Crippen LogP contribution in [0, 0.1) is 5.92 Å². The fourth-order valence-corrected chi connectivity index (χ4v) is 10.3. The van der Waals surface area contributed by atoms with E-state index in [1.807, 2.05) is 43.6 Å². The maximum absolute atomic E-state index is 14.9. The van der Waals surface area contributed by atoms with E-state index >= 15 is 0 Å². The number of phenols is 1. The third-order valence-corrected chi connectivity index (χ3v) is 13.5. The monoisotopic (exact) mass is 843 g/mol. The van der Waals surface area contributed by atoms with Crippen molar-refractivity contribution in [2.45, 2.75) is 74.6 Å². The number of aromatic hydroxyl groups is 1. The Hall–Kier alpha value is -5.58. The number of Topliss-reactive ketones (excluding diaryl/α,β-unsaturated/α-hetero) is 1. The number of nitrogens with one attached hydrogen (secondary N) is 2. The van der Waals surface area contributed by atoms with E-state index in [1.165, 1.54) is 12.0 Å². The van der Waals surface area contributed by atoms with Gasteiger partial charge in [0, 0.05) is 46.7 Å². The van der Waals surface area contributed by atoms with Crippen LogP contribution in [0.1, 0.15) is 85.4 Å². The summed E-state index contributed by atoms with van der Waals surface area (Å²) < 4.78 is 25.5. The summed E-state index contributed by atoms with van der Waals surface area (Å²) in [5.41, 5.74) is 3.13. The number of allylic oxidation sites excluding steroid dienone is 1. The highest BCUT2D eigenvalue weighted by Crippen LogP contribution is 2.55. The fourth-order valence-electron chi connectivity index (χ4n) is 10.3. The number of rotatable bonds is 8. The van der Waals surface area contributed by atoms with E-state index in [4.69, 9.17) is 18.9 Å². The van der Waals surface area contributed by atoms with Gasteiger partial charge in [-0.2, -0.15) is 0 Å². The number of aliphatic hydroxyl groups is 4. The normalized spacial score (nSPS) is 28.2. The minimum absolute atomic E-state index is 0.0689. The molecule has 0 radical (unpaired) electrons. The zero-order valence-corrected chi connectivity index (χ0v) is 34.3. The lowest BCUT2D eigenvalue weighted by Crippen LogP contribution is -2.69. The van der Waals surface area contributed by atoms with Gasteiger partial charge in [-0.05, 0) is 84.3 Å². The van der Waals surface area contributed by atoms with Crippen molar-refractivity contribution >= 4 is 45.5 Å². The van der Waals surface area contributed by atoms with Gasteiger partial charge in [-0.25, -0.2) is 0 Å². The van der Waals surface area contributed by atoms with Crippen LogP contribution in [0.4, 0.5) is 0 Å². The Balaban J connectivity index is 1.20. The average molecular weight is 844 g/mol. The Morgan fingerprint density at radius 1 is 1.06 bits per heavy atom. The predicted molar refractivity (Wildman–Crippen MR) is 229 cm³/mol. The van der Waals surface area contributed by atoms with Crippen molar-refractivity contribution in [3.8, 4) is 17.2 Å². The number of ketones is 1. The largest absolute Gasteiger partial charge is 0.506 e. The standard InChI is InChI=1S/C48H49N3O11/c1-49-18-24-10-14-34-31(16-24)33(19-50-34)36-15-13-30-37(59-2)17-32-29-12-11-25-7-5-9-27(25)39(29)41(35(53)21-51-20-26-6-3-4-8-28(26)46(51)57)43(55)40(32)44(30)62-47-48(58,23-52)45(56)42(54)38(61-47)22-60-36/h3-4,6,8,10-17,19,25,27,36,38,42,45,47,49-50,52,54-56,58H,5,7,9,18,20-23H2,1-2H3/b15-13+/t25-,27-,36-,38-,42-,45+,47-,48-/m1/s1. The van der Waals surface area contributed by atoms with Crippen molar-refractivity contribution in [2.75, 3.05) is 33.9 Å². The van der Waals surface area contributed by atoms with E-state index in [0.717, 1.165) is 46.9 Å². The fraction of sp³-hybridized carbons (Fsp3) is 0.375. The molecule has 5 aromatic rings. The molecule has 8 atom stereocenters. The van der Waals surface area contributed by atoms with E-state index in [-0.39, 0.29) is 59.7 Å². The van der Waals surface area contributed by atoms with Gasteiger partial charge in [0.25, 0.3) is 5.91 Å². The second kappa shape index (κ2) is 15.6. The van der Waals surface area contributed by atoms with Crippen LogP contribution < -0.4 is 14.8 Å². The van der Waals surface area contributed by atoms with Gasteiger partial charge in [-0.3, -0.25) is 9.59 Å².